The minimum absolute atomic E-state index is 0.285. The van der Waals surface area contributed by atoms with Crippen LogP contribution in [-0.2, 0) is 9.47 Å². The molecule has 6 heteroatoms. The SMILES string of the molecule is CCOCCOc1ccccc1C(=O)Nc1ccccc1C(=O)OC. The Morgan fingerprint density at radius 2 is 1.64 bits per heavy atom. The topological polar surface area (TPSA) is 73.9 Å². The highest BCUT2D eigenvalue weighted by molar-refractivity contribution is 6.09. The molecule has 0 heterocycles. The monoisotopic (exact) mass is 343 g/mol. The lowest BCUT2D eigenvalue weighted by molar-refractivity contribution is 0.0602. The van der Waals surface area contributed by atoms with Crippen LogP contribution in [0.5, 0.6) is 5.75 Å². The summed E-state index contributed by atoms with van der Waals surface area (Å²) >= 11 is 0. The van der Waals surface area contributed by atoms with Crippen LogP contribution >= 0.6 is 0 Å². The molecule has 0 radical (unpaired) electrons. The van der Waals surface area contributed by atoms with Crippen molar-refractivity contribution in [3.8, 4) is 5.75 Å². The van der Waals surface area contributed by atoms with Crippen LogP contribution in [0.3, 0.4) is 0 Å². The molecule has 6 nitrogen and oxygen atoms in total. The van der Waals surface area contributed by atoms with Gasteiger partial charge in [0.25, 0.3) is 5.91 Å². The molecule has 25 heavy (non-hydrogen) atoms. The van der Waals surface area contributed by atoms with Crippen LogP contribution in [0.2, 0.25) is 0 Å². The van der Waals surface area contributed by atoms with Gasteiger partial charge in [-0.3, -0.25) is 4.79 Å². The summed E-state index contributed by atoms with van der Waals surface area (Å²) in [6.07, 6.45) is 0. The largest absolute Gasteiger partial charge is 0.490 e. The average Bonchev–Trinajstić information content (AvgIpc) is 2.65. The highest BCUT2D eigenvalue weighted by Gasteiger charge is 2.16. The van der Waals surface area contributed by atoms with E-state index in [0.29, 0.717) is 36.8 Å². The second-order valence-corrected chi connectivity index (χ2v) is 5.03. The first-order valence-electron chi connectivity index (χ1n) is 7.95. The van der Waals surface area contributed by atoms with Gasteiger partial charge in [0.05, 0.1) is 30.5 Å². The van der Waals surface area contributed by atoms with Gasteiger partial charge in [-0.1, -0.05) is 24.3 Å². The molecule has 132 valence electrons. The highest BCUT2D eigenvalue weighted by Crippen LogP contribution is 2.22. The Balaban J connectivity index is 2.15. The van der Waals surface area contributed by atoms with Crippen molar-refractivity contribution in [2.24, 2.45) is 0 Å². The van der Waals surface area contributed by atoms with E-state index in [-0.39, 0.29) is 11.5 Å². The zero-order valence-corrected chi connectivity index (χ0v) is 14.3. The molecule has 0 saturated carbocycles. The maximum Gasteiger partial charge on any atom is 0.339 e. The third kappa shape index (κ3) is 5.06. The maximum atomic E-state index is 12.6. The zero-order valence-electron chi connectivity index (χ0n) is 14.3. The van der Waals surface area contributed by atoms with Crippen LogP contribution in [0.25, 0.3) is 0 Å². The van der Waals surface area contributed by atoms with Gasteiger partial charge >= 0.3 is 5.97 Å². The van der Waals surface area contributed by atoms with E-state index in [1.807, 2.05) is 6.92 Å². The van der Waals surface area contributed by atoms with Gasteiger partial charge in [0.1, 0.15) is 12.4 Å². The number of nitrogens with one attached hydrogen (secondary N) is 1. The summed E-state index contributed by atoms with van der Waals surface area (Å²) in [4.78, 5) is 24.4. The second kappa shape index (κ2) is 9.44. The minimum Gasteiger partial charge on any atom is -0.490 e. The van der Waals surface area contributed by atoms with Crippen LogP contribution in [0, 0.1) is 0 Å². The van der Waals surface area contributed by atoms with E-state index in [0.717, 1.165) is 0 Å². The summed E-state index contributed by atoms with van der Waals surface area (Å²) in [5.41, 5.74) is 1.04. The van der Waals surface area contributed by atoms with Crippen molar-refractivity contribution in [2.75, 3.05) is 32.2 Å². The van der Waals surface area contributed by atoms with Gasteiger partial charge in [-0.2, -0.15) is 0 Å². The van der Waals surface area contributed by atoms with E-state index in [1.165, 1.54) is 7.11 Å². The summed E-state index contributed by atoms with van der Waals surface area (Å²) in [5.74, 6) is -0.434. The molecular formula is C19H21NO5. The fraction of sp³-hybridized carbons (Fsp3) is 0.263. The molecule has 0 unspecified atom stereocenters. The molecule has 0 atom stereocenters. The third-order valence-corrected chi connectivity index (χ3v) is 3.40. The van der Waals surface area contributed by atoms with Gasteiger partial charge in [-0.25, -0.2) is 4.79 Å². The number of carbonyl (C=O) groups is 2. The molecule has 0 saturated heterocycles. The fourth-order valence-electron chi connectivity index (χ4n) is 2.20. The van der Waals surface area contributed by atoms with Crippen LogP contribution in [0.15, 0.2) is 48.5 Å². The Labute approximate surface area is 146 Å². The summed E-state index contributed by atoms with van der Waals surface area (Å²) < 4.78 is 15.6. The van der Waals surface area contributed by atoms with Gasteiger partial charge in [0, 0.05) is 6.61 Å². The van der Waals surface area contributed by atoms with Crippen LogP contribution in [0.1, 0.15) is 27.6 Å². The molecular weight excluding hydrogens is 322 g/mol. The molecule has 0 bridgehead atoms. The molecule has 0 aliphatic heterocycles. The Morgan fingerprint density at radius 3 is 2.36 bits per heavy atom. The first-order valence-corrected chi connectivity index (χ1v) is 7.95. The van der Waals surface area contributed by atoms with Crippen molar-refractivity contribution in [3.05, 3.63) is 59.7 Å². The lowest BCUT2D eigenvalue weighted by Crippen LogP contribution is -2.17. The number of ether oxygens (including phenoxy) is 3. The number of benzene rings is 2. The molecule has 0 aliphatic carbocycles. The van der Waals surface area contributed by atoms with Crippen LogP contribution in [-0.4, -0.2) is 38.8 Å². The zero-order chi connectivity index (χ0) is 18.1. The van der Waals surface area contributed by atoms with Gasteiger partial charge in [0.15, 0.2) is 0 Å². The van der Waals surface area contributed by atoms with Crippen molar-refractivity contribution >= 4 is 17.6 Å². The molecule has 0 aliphatic rings. The van der Waals surface area contributed by atoms with E-state index in [9.17, 15) is 9.59 Å². The minimum atomic E-state index is -0.517. The number of hydrogen-bond acceptors (Lipinski definition) is 5. The molecule has 2 rings (SSSR count). The van der Waals surface area contributed by atoms with Gasteiger partial charge < -0.3 is 19.5 Å². The third-order valence-electron chi connectivity index (χ3n) is 3.40. The molecule has 1 N–H and O–H groups in total. The van der Waals surface area contributed by atoms with Crippen LogP contribution in [0.4, 0.5) is 5.69 Å². The molecule has 0 spiro atoms. The highest BCUT2D eigenvalue weighted by atomic mass is 16.5. The number of anilines is 1. The van der Waals surface area contributed by atoms with E-state index in [2.05, 4.69) is 5.32 Å². The van der Waals surface area contributed by atoms with Crippen molar-refractivity contribution in [1.29, 1.82) is 0 Å². The fourth-order valence-corrected chi connectivity index (χ4v) is 2.20. The Morgan fingerprint density at radius 1 is 0.960 bits per heavy atom. The molecule has 2 aromatic rings. The number of esters is 1. The number of amides is 1. The van der Waals surface area contributed by atoms with E-state index < -0.39 is 5.97 Å². The van der Waals surface area contributed by atoms with Gasteiger partial charge in [-0.05, 0) is 31.2 Å². The lowest BCUT2D eigenvalue weighted by atomic mass is 10.1. The number of carbonyl (C=O) groups excluding carboxylic acids is 2. The first kappa shape index (κ1) is 18.5. The maximum absolute atomic E-state index is 12.6. The van der Waals surface area contributed by atoms with Gasteiger partial charge in [0.2, 0.25) is 0 Å². The molecule has 1 amide bonds. The number of rotatable bonds is 8. The predicted molar refractivity (Wildman–Crippen MR) is 94.2 cm³/mol. The molecule has 0 aromatic heterocycles. The summed E-state index contributed by atoms with van der Waals surface area (Å²) in [6.45, 7) is 3.30. The average molecular weight is 343 g/mol. The van der Waals surface area contributed by atoms with Crippen molar-refractivity contribution < 1.29 is 23.8 Å². The molecule has 2 aromatic carbocycles. The first-order chi connectivity index (χ1) is 12.2. The number of para-hydroxylation sites is 2. The lowest BCUT2D eigenvalue weighted by Gasteiger charge is -2.13. The number of methoxy groups -OCH3 is 1. The normalized spacial score (nSPS) is 10.2. The second-order valence-electron chi connectivity index (χ2n) is 5.03. The Bertz CT molecular complexity index is 729. The van der Waals surface area contributed by atoms with Crippen molar-refractivity contribution in [2.45, 2.75) is 6.92 Å². The van der Waals surface area contributed by atoms with E-state index in [1.54, 1.807) is 48.5 Å². The van der Waals surface area contributed by atoms with Crippen LogP contribution < -0.4 is 10.1 Å². The van der Waals surface area contributed by atoms with E-state index in [4.69, 9.17) is 14.2 Å². The Hall–Kier alpha value is -2.86. The van der Waals surface area contributed by atoms with Crippen molar-refractivity contribution in [3.63, 3.8) is 0 Å². The quantitative estimate of drug-likeness (QED) is 0.589. The standard InChI is InChI=1S/C19H21NO5/c1-3-24-12-13-25-17-11-7-5-9-15(17)18(21)20-16-10-6-4-8-14(16)19(22)23-2/h4-11H,3,12-13H2,1-2H3,(H,20,21). The summed E-state index contributed by atoms with van der Waals surface area (Å²) in [7, 11) is 1.29. The van der Waals surface area contributed by atoms with Crippen molar-refractivity contribution in [1.82, 2.24) is 0 Å². The smallest absolute Gasteiger partial charge is 0.339 e. The predicted octanol–water partition coefficient (Wildman–Crippen LogP) is 3.14. The molecule has 0 fully saturated rings. The Kier molecular flexibility index (Phi) is 6.98. The summed E-state index contributed by atoms with van der Waals surface area (Å²) in [5, 5.41) is 2.73. The summed E-state index contributed by atoms with van der Waals surface area (Å²) in [6, 6.07) is 13.6. The van der Waals surface area contributed by atoms with Gasteiger partial charge in [-0.15, -0.1) is 0 Å². The number of hydrogen-bond donors (Lipinski definition) is 1. The van der Waals surface area contributed by atoms with E-state index >= 15 is 0 Å².